The maximum Gasteiger partial charge on any atom is 0.175 e. The molecule has 2 N–H and O–H groups in total. The minimum atomic E-state index is -3.31. The normalized spacial score (nSPS) is 15.8. The molecule has 0 unspecified atom stereocenters. The highest BCUT2D eigenvalue weighted by molar-refractivity contribution is 7.90. The summed E-state index contributed by atoms with van der Waals surface area (Å²) in [7, 11) is -3.31. The maximum atomic E-state index is 12.1. The predicted molar refractivity (Wildman–Crippen MR) is 117 cm³/mol. The third-order valence-corrected chi connectivity index (χ3v) is 6.78. The molecule has 3 aromatic rings. The summed E-state index contributed by atoms with van der Waals surface area (Å²) >= 11 is 0. The third-order valence-electron chi connectivity index (χ3n) is 5.54. The van der Waals surface area contributed by atoms with Crippen LogP contribution in [0.5, 0.6) is 0 Å². The summed E-state index contributed by atoms with van der Waals surface area (Å²) < 4.78 is 24.2. The Morgan fingerprint density at radius 1 is 1.23 bits per heavy atom. The summed E-state index contributed by atoms with van der Waals surface area (Å²) in [5.41, 5.74) is 4.01. The van der Waals surface area contributed by atoms with Crippen LogP contribution in [-0.2, 0) is 9.84 Å². The lowest BCUT2D eigenvalue weighted by molar-refractivity contribution is 0.142. The van der Waals surface area contributed by atoms with Crippen LogP contribution in [0, 0.1) is 13.8 Å². The molecule has 0 spiro atoms. The van der Waals surface area contributed by atoms with Crippen LogP contribution in [-0.4, -0.2) is 54.2 Å². The van der Waals surface area contributed by atoms with Gasteiger partial charge < -0.3 is 15.3 Å². The van der Waals surface area contributed by atoms with Crippen molar-refractivity contribution < 1.29 is 13.5 Å². The molecule has 0 bridgehead atoms. The van der Waals surface area contributed by atoms with Gasteiger partial charge in [-0.2, -0.15) is 5.10 Å². The number of aliphatic hydroxyl groups excluding tert-OH is 1. The Labute approximate surface area is 175 Å². The first-order valence-electron chi connectivity index (χ1n) is 9.77. The Hall–Kier alpha value is -2.78. The maximum absolute atomic E-state index is 12.1. The number of nitrogens with one attached hydrogen (secondary N) is 1. The number of hydrogen-bond donors (Lipinski definition) is 2. The van der Waals surface area contributed by atoms with E-state index in [9.17, 15) is 13.5 Å². The molecule has 2 aromatic heterocycles. The van der Waals surface area contributed by atoms with E-state index in [4.69, 9.17) is 0 Å². The van der Waals surface area contributed by atoms with E-state index >= 15 is 0 Å². The van der Waals surface area contributed by atoms with Gasteiger partial charge in [-0.15, -0.1) is 5.10 Å². The van der Waals surface area contributed by atoms with Crippen molar-refractivity contribution >= 4 is 32.2 Å². The quantitative estimate of drug-likeness (QED) is 0.639. The molecule has 9 heteroatoms. The van der Waals surface area contributed by atoms with Crippen LogP contribution in [0.25, 0.3) is 10.9 Å². The number of β-amino-alcohol motifs (C(OH)–C–C–N with tert-alkyl or cyclic N) is 1. The highest BCUT2D eigenvalue weighted by Crippen LogP contribution is 2.31. The van der Waals surface area contributed by atoms with Crippen molar-refractivity contribution in [2.75, 3.05) is 29.6 Å². The number of nitrogens with zero attached hydrogens (tertiary/aromatic N) is 4. The van der Waals surface area contributed by atoms with Gasteiger partial charge in [0, 0.05) is 24.7 Å². The van der Waals surface area contributed by atoms with Gasteiger partial charge in [0.05, 0.1) is 40.1 Å². The predicted octanol–water partition coefficient (Wildman–Crippen LogP) is 2.40. The fraction of sp³-hybridized carbons (Fsp3) is 0.381. The van der Waals surface area contributed by atoms with Crippen LogP contribution >= 0.6 is 0 Å². The van der Waals surface area contributed by atoms with E-state index in [1.165, 1.54) is 6.26 Å². The summed E-state index contributed by atoms with van der Waals surface area (Å²) in [5.74, 6) is 0.586. The molecular formula is C21H25N5O3S. The van der Waals surface area contributed by atoms with E-state index in [1.54, 1.807) is 18.3 Å². The monoisotopic (exact) mass is 427 g/mol. The molecule has 158 valence electrons. The second-order valence-electron chi connectivity index (χ2n) is 7.89. The van der Waals surface area contributed by atoms with Crippen LogP contribution in [0.2, 0.25) is 0 Å². The van der Waals surface area contributed by atoms with Crippen LogP contribution < -0.4 is 10.2 Å². The van der Waals surface area contributed by atoms with Crippen LogP contribution in [0.3, 0.4) is 0 Å². The van der Waals surface area contributed by atoms with E-state index in [1.807, 2.05) is 32.9 Å². The Morgan fingerprint density at radius 2 is 1.97 bits per heavy atom. The lowest BCUT2D eigenvalue weighted by Gasteiger charge is -2.37. The average Bonchev–Trinajstić information content (AvgIpc) is 2.66. The van der Waals surface area contributed by atoms with Gasteiger partial charge in [0.1, 0.15) is 0 Å². The summed E-state index contributed by atoms with van der Waals surface area (Å²) in [6.07, 6.45) is 2.70. The number of benzene rings is 1. The number of rotatable bonds is 5. The summed E-state index contributed by atoms with van der Waals surface area (Å²) in [6, 6.07) is 7.10. The van der Waals surface area contributed by atoms with Gasteiger partial charge >= 0.3 is 0 Å². The van der Waals surface area contributed by atoms with Crippen LogP contribution in [0.4, 0.5) is 11.5 Å². The van der Waals surface area contributed by atoms with E-state index in [0.29, 0.717) is 23.8 Å². The molecule has 0 radical (unpaired) electrons. The number of aliphatic hydroxyl groups is 1. The van der Waals surface area contributed by atoms with E-state index in [0.717, 1.165) is 33.4 Å². The third kappa shape index (κ3) is 3.70. The van der Waals surface area contributed by atoms with E-state index in [-0.39, 0.29) is 12.1 Å². The molecule has 0 saturated carbocycles. The van der Waals surface area contributed by atoms with Crippen LogP contribution in [0.1, 0.15) is 29.8 Å². The molecule has 1 aromatic carbocycles. The van der Waals surface area contributed by atoms with Crippen molar-refractivity contribution in [2.24, 2.45) is 0 Å². The Morgan fingerprint density at radius 3 is 2.63 bits per heavy atom. The molecule has 0 amide bonds. The van der Waals surface area contributed by atoms with Gasteiger partial charge in [0.25, 0.3) is 0 Å². The first kappa shape index (κ1) is 20.5. The zero-order valence-corrected chi connectivity index (χ0v) is 18.2. The number of fused-ring (bicyclic) bond motifs is 1. The fourth-order valence-electron chi connectivity index (χ4n) is 3.88. The molecule has 4 rings (SSSR count). The second-order valence-corrected chi connectivity index (χ2v) is 9.88. The zero-order chi connectivity index (χ0) is 21.6. The molecule has 8 nitrogen and oxygen atoms in total. The SMILES string of the molecule is Cc1c([C@@H](C)Nc2nnc(C)c3ncc(N4CC(O)C4)cc23)cccc1S(C)(=O)=O. The summed E-state index contributed by atoms with van der Waals surface area (Å²) in [6.45, 7) is 6.81. The summed E-state index contributed by atoms with van der Waals surface area (Å²) in [5, 5.41) is 22.4. The van der Waals surface area contributed by atoms with Crippen LogP contribution in [0.15, 0.2) is 35.4 Å². The topological polar surface area (TPSA) is 108 Å². The second kappa shape index (κ2) is 7.48. The van der Waals surface area contributed by atoms with Gasteiger partial charge in [-0.25, -0.2) is 8.42 Å². The standard InChI is InChI=1S/C21H25N5O3S/c1-12-17(6-5-7-19(12)30(4,28)29)13(2)23-21-18-8-15(26-10-16(27)11-26)9-22-20(18)14(3)24-25-21/h5-9,13,16,27H,10-11H2,1-4H3,(H,23,25)/t13-/m1/s1. The number of pyridine rings is 1. The first-order chi connectivity index (χ1) is 14.1. The lowest BCUT2D eigenvalue weighted by atomic mass is 10.0. The molecule has 1 aliphatic heterocycles. The van der Waals surface area contributed by atoms with E-state index in [2.05, 4.69) is 25.4 Å². The molecule has 1 aliphatic rings. The minimum Gasteiger partial charge on any atom is -0.389 e. The van der Waals surface area contributed by atoms with Crippen molar-refractivity contribution in [1.29, 1.82) is 0 Å². The van der Waals surface area contributed by atoms with Gasteiger partial charge in [0.15, 0.2) is 15.7 Å². The highest BCUT2D eigenvalue weighted by Gasteiger charge is 2.25. The molecular weight excluding hydrogens is 402 g/mol. The molecule has 1 fully saturated rings. The molecule has 3 heterocycles. The molecule has 30 heavy (non-hydrogen) atoms. The Kier molecular flexibility index (Phi) is 5.11. The number of sulfone groups is 1. The average molecular weight is 428 g/mol. The number of anilines is 2. The van der Waals surface area contributed by atoms with Gasteiger partial charge in [-0.05, 0) is 44.0 Å². The fourth-order valence-corrected chi connectivity index (χ4v) is 4.88. The zero-order valence-electron chi connectivity index (χ0n) is 17.4. The van der Waals surface area contributed by atoms with Crippen molar-refractivity contribution in [1.82, 2.24) is 15.2 Å². The lowest BCUT2D eigenvalue weighted by Crippen LogP contribution is -2.50. The highest BCUT2D eigenvalue weighted by atomic mass is 32.2. The van der Waals surface area contributed by atoms with Crippen molar-refractivity contribution in [3.63, 3.8) is 0 Å². The number of hydrogen-bond acceptors (Lipinski definition) is 8. The van der Waals surface area contributed by atoms with Crippen molar-refractivity contribution in [2.45, 2.75) is 37.8 Å². The summed E-state index contributed by atoms with van der Waals surface area (Å²) in [4.78, 5) is 6.95. The first-order valence-corrected chi connectivity index (χ1v) is 11.7. The van der Waals surface area contributed by atoms with Crippen molar-refractivity contribution in [3.05, 3.63) is 47.3 Å². The minimum absolute atomic E-state index is 0.193. The molecule has 1 saturated heterocycles. The molecule has 1 atom stereocenters. The van der Waals surface area contributed by atoms with E-state index < -0.39 is 9.84 Å². The van der Waals surface area contributed by atoms with Gasteiger partial charge in [0.2, 0.25) is 0 Å². The largest absolute Gasteiger partial charge is 0.389 e. The molecule has 0 aliphatic carbocycles. The van der Waals surface area contributed by atoms with Gasteiger partial charge in [-0.3, -0.25) is 4.98 Å². The number of aromatic nitrogens is 3. The Bertz CT molecular complexity index is 1220. The Balaban J connectivity index is 1.72. The smallest absolute Gasteiger partial charge is 0.175 e. The van der Waals surface area contributed by atoms with Gasteiger partial charge in [-0.1, -0.05) is 12.1 Å². The number of aryl methyl sites for hydroxylation is 1. The van der Waals surface area contributed by atoms with Crippen molar-refractivity contribution in [3.8, 4) is 0 Å².